The van der Waals surface area contributed by atoms with Gasteiger partial charge in [0.1, 0.15) is 6.61 Å². The van der Waals surface area contributed by atoms with E-state index in [-0.39, 0.29) is 67.7 Å². The van der Waals surface area contributed by atoms with E-state index in [1.165, 1.54) is 5.56 Å². The van der Waals surface area contributed by atoms with E-state index in [1.54, 1.807) is 0 Å². The van der Waals surface area contributed by atoms with E-state index in [0.29, 0.717) is 6.42 Å². The van der Waals surface area contributed by atoms with Gasteiger partial charge in [0.25, 0.3) is 0 Å². The molecule has 5 aliphatic rings. The van der Waals surface area contributed by atoms with Crippen LogP contribution < -0.4 is 0 Å². The molecule has 9 heteroatoms. The van der Waals surface area contributed by atoms with Gasteiger partial charge >= 0.3 is 0 Å². The fourth-order valence-corrected chi connectivity index (χ4v) is 8.31. The number of unbranched alkanes of at least 4 members (excludes halogenated alkanes) is 1. The Balaban J connectivity index is 1.12. The van der Waals surface area contributed by atoms with Gasteiger partial charge in [0.2, 0.25) is 0 Å². The van der Waals surface area contributed by atoms with Crippen molar-refractivity contribution in [2.75, 3.05) is 33.0 Å². The lowest BCUT2D eigenvalue weighted by Gasteiger charge is -2.30. The number of hydrogen-bond acceptors (Lipinski definition) is 9. The van der Waals surface area contributed by atoms with Crippen molar-refractivity contribution < 1.29 is 42.7 Å². The first-order valence-electron chi connectivity index (χ1n) is 21.1. The Hall–Kier alpha value is -1.95. The second-order valence-corrected chi connectivity index (χ2v) is 15.5. The molecule has 0 aromatic heterocycles. The van der Waals surface area contributed by atoms with Crippen LogP contribution in [0.5, 0.6) is 0 Å². The minimum Gasteiger partial charge on any atom is -0.353 e. The molecule has 1 aliphatic carbocycles. The van der Waals surface area contributed by atoms with Gasteiger partial charge in [-0.15, -0.1) is 0 Å². The Morgan fingerprint density at radius 2 is 1.36 bits per heavy atom. The highest BCUT2D eigenvalue weighted by molar-refractivity contribution is 5.79. The number of rotatable bonds is 20. The minimum atomic E-state index is -0.223. The van der Waals surface area contributed by atoms with E-state index in [2.05, 4.69) is 54.6 Å². The lowest BCUT2D eigenvalue weighted by molar-refractivity contribution is -0.203. The zero-order valence-corrected chi connectivity index (χ0v) is 32.0. The second-order valence-electron chi connectivity index (χ2n) is 15.5. The third-order valence-corrected chi connectivity index (χ3v) is 11.3. The highest BCUT2D eigenvalue weighted by Gasteiger charge is 2.45. The summed E-state index contributed by atoms with van der Waals surface area (Å²) >= 11 is 0. The van der Waals surface area contributed by atoms with Gasteiger partial charge in [-0.1, -0.05) is 54.6 Å². The molecule has 4 aliphatic heterocycles. The molecular formula is C44H66O9. The van der Waals surface area contributed by atoms with Crippen LogP contribution in [0.1, 0.15) is 121 Å². The maximum atomic E-state index is 12.5. The SMILES string of the molecule is O=C(CCC/C=C\C[C@@H]1[C@@H](/C=C/C(CCc2ccccc2)O[C@H]2CCCCO2)[C@H](OC2CCCCO2)C[C@@H]1OC1CCCCO1)COC1CCCCO1. The molecule has 296 valence electrons. The molecule has 0 radical (unpaired) electrons. The molecule has 0 amide bonds. The summed E-state index contributed by atoms with van der Waals surface area (Å²) in [4.78, 5) is 12.5. The smallest absolute Gasteiger partial charge is 0.158 e. The predicted octanol–water partition coefficient (Wildman–Crippen LogP) is 8.78. The van der Waals surface area contributed by atoms with Gasteiger partial charge in [-0.25, -0.2) is 0 Å². The molecule has 4 unspecified atom stereocenters. The average molecular weight is 739 g/mol. The number of allylic oxidation sites excluding steroid dienone is 2. The zero-order chi connectivity index (χ0) is 36.3. The van der Waals surface area contributed by atoms with Crippen molar-refractivity contribution in [3.05, 3.63) is 60.2 Å². The first kappa shape index (κ1) is 40.7. The van der Waals surface area contributed by atoms with Gasteiger partial charge in [0.15, 0.2) is 30.9 Å². The summed E-state index contributed by atoms with van der Waals surface area (Å²) in [6.07, 6.45) is 26.4. The van der Waals surface area contributed by atoms with Crippen LogP contribution in [0.25, 0.3) is 0 Å². The van der Waals surface area contributed by atoms with E-state index in [0.717, 1.165) is 142 Å². The predicted molar refractivity (Wildman–Crippen MR) is 203 cm³/mol. The summed E-state index contributed by atoms with van der Waals surface area (Å²) in [5.74, 6) is 0.463. The summed E-state index contributed by atoms with van der Waals surface area (Å²) in [6.45, 7) is 3.12. The molecule has 5 fully saturated rings. The molecule has 1 saturated carbocycles. The van der Waals surface area contributed by atoms with Crippen LogP contribution >= 0.6 is 0 Å². The first-order valence-corrected chi connectivity index (χ1v) is 21.1. The van der Waals surface area contributed by atoms with Crippen LogP contribution in [0.15, 0.2) is 54.6 Å². The summed E-state index contributed by atoms with van der Waals surface area (Å²) < 4.78 is 49.8. The number of ether oxygens (including phenoxy) is 8. The van der Waals surface area contributed by atoms with Crippen LogP contribution in [-0.2, 0) is 49.1 Å². The molecule has 1 aromatic rings. The van der Waals surface area contributed by atoms with Gasteiger partial charge in [-0.3, -0.25) is 4.79 Å². The minimum absolute atomic E-state index is 0.00270. The normalized spacial score (nSPS) is 32.0. The van der Waals surface area contributed by atoms with E-state index in [4.69, 9.17) is 37.9 Å². The lowest BCUT2D eigenvalue weighted by Crippen LogP contribution is -2.31. The van der Waals surface area contributed by atoms with E-state index < -0.39 is 0 Å². The van der Waals surface area contributed by atoms with Crippen LogP contribution in [-0.4, -0.2) is 82.3 Å². The Bertz CT molecular complexity index is 1200. The van der Waals surface area contributed by atoms with Gasteiger partial charge in [0.05, 0.1) is 18.3 Å². The quantitative estimate of drug-likeness (QED) is 0.0962. The van der Waals surface area contributed by atoms with Crippen molar-refractivity contribution >= 4 is 5.78 Å². The van der Waals surface area contributed by atoms with Crippen molar-refractivity contribution in [3.8, 4) is 0 Å². The zero-order valence-electron chi connectivity index (χ0n) is 32.0. The molecule has 4 saturated heterocycles. The van der Waals surface area contributed by atoms with Gasteiger partial charge in [0, 0.05) is 45.2 Å². The van der Waals surface area contributed by atoms with Crippen molar-refractivity contribution in [2.24, 2.45) is 11.8 Å². The molecule has 0 spiro atoms. The Kier molecular flexibility index (Phi) is 17.8. The fourth-order valence-electron chi connectivity index (χ4n) is 8.31. The summed E-state index contributed by atoms with van der Waals surface area (Å²) in [7, 11) is 0. The van der Waals surface area contributed by atoms with Crippen molar-refractivity contribution in [1.29, 1.82) is 0 Å². The third kappa shape index (κ3) is 14.3. The molecular weight excluding hydrogens is 672 g/mol. The molecule has 6 rings (SSSR count). The Morgan fingerprint density at radius 3 is 2.00 bits per heavy atom. The van der Waals surface area contributed by atoms with Gasteiger partial charge < -0.3 is 37.9 Å². The molecule has 0 bridgehead atoms. The number of carbonyl (C=O) groups excluding carboxylic acids is 1. The van der Waals surface area contributed by atoms with Gasteiger partial charge in [-0.2, -0.15) is 0 Å². The standard InChI is InChI=1S/C44H66O9/c45-35(33-50-41-20-8-12-28-46-41)18-6-1-2-7-19-37-38(27-26-36(51-42-21-9-13-29-47-42)25-24-34-16-4-3-5-17-34)40(53-44-23-11-15-31-49-44)32-39(37)52-43-22-10-14-30-48-43/h2-5,7,16-17,26-27,36-44H,1,6,8-15,18-25,28-33H2/b7-2-,27-26+/t36?,37-,38-,39+,40-,41?,42+,43?,44?/m1/s1. The highest BCUT2D eigenvalue weighted by Crippen LogP contribution is 2.42. The number of carbonyl (C=O) groups is 1. The largest absolute Gasteiger partial charge is 0.353 e. The van der Waals surface area contributed by atoms with E-state index in [9.17, 15) is 4.79 Å². The summed E-state index contributed by atoms with van der Waals surface area (Å²) in [5.41, 5.74) is 1.31. The molecule has 4 heterocycles. The lowest BCUT2D eigenvalue weighted by atomic mass is 9.89. The maximum Gasteiger partial charge on any atom is 0.158 e. The maximum absolute atomic E-state index is 12.5. The molecule has 9 atom stereocenters. The number of hydrogen-bond donors (Lipinski definition) is 0. The monoisotopic (exact) mass is 738 g/mol. The molecule has 1 aromatic carbocycles. The topological polar surface area (TPSA) is 90.9 Å². The Morgan fingerprint density at radius 1 is 0.736 bits per heavy atom. The molecule has 53 heavy (non-hydrogen) atoms. The molecule has 0 N–H and O–H groups in total. The number of aryl methyl sites for hydroxylation is 1. The van der Waals surface area contributed by atoms with Gasteiger partial charge in [-0.05, 0) is 121 Å². The van der Waals surface area contributed by atoms with Crippen LogP contribution in [0, 0.1) is 11.8 Å². The first-order chi connectivity index (χ1) is 26.2. The number of benzene rings is 1. The highest BCUT2D eigenvalue weighted by atomic mass is 16.7. The van der Waals surface area contributed by atoms with Crippen molar-refractivity contribution in [3.63, 3.8) is 0 Å². The summed E-state index contributed by atoms with van der Waals surface area (Å²) in [6, 6.07) is 10.7. The fraction of sp³-hybridized carbons (Fsp3) is 0.750. The van der Waals surface area contributed by atoms with Crippen molar-refractivity contribution in [2.45, 2.75) is 165 Å². The van der Waals surface area contributed by atoms with Crippen LogP contribution in [0.4, 0.5) is 0 Å². The molecule has 9 nitrogen and oxygen atoms in total. The third-order valence-electron chi connectivity index (χ3n) is 11.3. The van der Waals surface area contributed by atoms with Crippen LogP contribution in [0.2, 0.25) is 0 Å². The average Bonchev–Trinajstić information content (AvgIpc) is 3.52. The number of ketones is 1. The van der Waals surface area contributed by atoms with E-state index in [1.807, 2.05) is 0 Å². The van der Waals surface area contributed by atoms with Crippen LogP contribution in [0.3, 0.4) is 0 Å². The Labute approximate surface area is 318 Å². The summed E-state index contributed by atoms with van der Waals surface area (Å²) in [5, 5.41) is 0. The van der Waals surface area contributed by atoms with E-state index >= 15 is 0 Å². The van der Waals surface area contributed by atoms with Crippen molar-refractivity contribution in [1.82, 2.24) is 0 Å². The second kappa shape index (κ2) is 23.2. The number of Topliss-reactive ketones (excluding diaryl/α,β-unsaturated/α-hetero) is 1.